The molecule has 0 atom stereocenters. The summed E-state index contributed by atoms with van der Waals surface area (Å²) in [6, 6.07) is 0. The van der Waals surface area contributed by atoms with Crippen LogP contribution >= 0.6 is 20.2 Å². The Hall–Kier alpha value is -0.130. The minimum Gasteiger partial charge on any atom is -0.356 e. The van der Waals surface area contributed by atoms with Crippen LogP contribution in [0.2, 0.25) is 0 Å². The van der Waals surface area contributed by atoms with E-state index in [2.05, 4.69) is 16.8 Å². The molecule has 0 aromatic carbocycles. The van der Waals surface area contributed by atoms with Crippen LogP contribution in [0.1, 0.15) is 77.6 Å². The first-order chi connectivity index (χ1) is 10.5. The van der Waals surface area contributed by atoms with Crippen LogP contribution in [0.25, 0.3) is 0 Å². The van der Waals surface area contributed by atoms with Crippen molar-refractivity contribution in [3.63, 3.8) is 0 Å². The van der Waals surface area contributed by atoms with Gasteiger partial charge in [0, 0.05) is 13.0 Å². The van der Waals surface area contributed by atoms with E-state index in [-0.39, 0.29) is 24.9 Å². The predicted octanol–water partition coefficient (Wildman–Crippen LogP) is 3.94. The average molecular weight is 374 g/mol. The predicted molar refractivity (Wildman–Crippen MR) is 94.7 cm³/mol. The molecule has 6 nitrogen and oxygen atoms in total. The zero-order chi connectivity index (χ0) is 16.7. The molecule has 23 heavy (non-hydrogen) atoms. The number of amides is 1. The van der Waals surface area contributed by atoms with Crippen molar-refractivity contribution in [3.8, 4) is 0 Å². The van der Waals surface area contributed by atoms with Gasteiger partial charge in [0.1, 0.15) is 0 Å². The van der Waals surface area contributed by atoms with Gasteiger partial charge in [0.25, 0.3) is 0 Å². The van der Waals surface area contributed by atoms with E-state index in [0.717, 1.165) is 12.8 Å². The molecule has 0 bridgehead atoms. The Kier molecular flexibility index (Phi) is 18.3. The van der Waals surface area contributed by atoms with Gasteiger partial charge >= 0.3 is 7.82 Å². The van der Waals surface area contributed by atoms with Crippen molar-refractivity contribution in [2.75, 3.05) is 13.2 Å². The van der Waals surface area contributed by atoms with Crippen molar-refractivity contribution in [2.24, 2.45) is 0 Å². The lowest BCUT2D eigenvalue weighted by atomic mass is 10.1. The molecule has 0 saturated carbocycles. The van der Waals surface area contributed by atoms with Crippen LogP contribution in [-0.4, -0.2) is 28.8 Å². The first-order valence-corrected chi connectivity index (χ1v) is 9.95. The highest BCUT2D eigenvalue weighted by Gasteiger charge is 2.12. The van der Waals surface area contributed by atoms with Gasteiger partial charge in [-0.1, -0.05) is 58.3 Å². The van der Waals surface area contributed by atoms with Crippen LogP contribution in [0, 0.1) is 0 Å². The highest BCUT2D eigenvalue weighted by Crippen LogP contribution is 2.35. The monoisotopic (exact) mass is 373 g/mol. The fourth-order valence-electron chi connectivity index (χ4n) is 2.17. The molecule has 0 aliphatic carbocycles. The standard InChI is InChI=1S/C15H32NO5P.ClH/c1-2-3-4-5-6-7-8-9-10-12-15(17)16-13-11-14-21-22(18,19)20;/h2-14H2,1H3,(H,16,17)(H2,18,19,20);1H. The molecule has 0 fully saturated rings. The van der Waals surface area contributed by atoms with Gasteiger partial charge in [-0.2, -0.15) is 0 Å². The molecule has 140 valence electrons. The van der Waals surface area contributed by atoms with Gasteiger partial charge in [-0.25, -0.2) is 4.57 Å². The van der Waals surface area contributed by atoms with E-state index in [1.54, 1.807) is 0 Å². The summed E-state index contributed by atoms with van der Waals surface area (Å²) in [5.74, 6) is -0.000810. The summed E-state index contributed by atoms with van der Waals surface area (Å²) in [6.45, 7) is 2.55. The molecule has 3 N–H and O–H groups in total. The molecular formula is C15H33ClNO5P. The number of nitrogens with one attached hydrogen (secondary N) is 1. The molecule has 1 amide bonds. The van der Waals surface area contributed by atoms with Crippen molar-refractivity contribution < 1.29 is 23.7 Å². The fourth-order valence-corrected chi connectivity index (χ4v) is 2.53. The molecule has 0 unspecified atom stereocenters. The third kappa shape index (κ3) is 21.9. The Balaban J connectivity index is 0. The largest absolute Gasteiger partial charge is 0.469 e. The van der Waals surface area contributed by atoms with Gasteiger partial charge in [-0.3, -0.25) is 9.32 Å². The van der Waals surface area contributed by atoms with Gasteiger partial charge in [0.2, 0.25) is 5.91 Å². The summed E-state index contributed by atoms with van der Waals surface area (Å²) in [6.07, 6.45) is 11.9. The Morgan fingerprint density at radius 2 is 1.48 bits per heavy atom. The van der Waals surface area contributed by atoms with Crippen molar-refractivity contribution in [3.05, 3.63) is 0 Å². The van der Waals surface area contributed by atoms with E-state index >= 15 is 0 Å². The molecule has 0 spiro atoms. The molecule has 0 saturated heterocycles. The Bertz CT molecular complexity index is 325. The Morgan fingerprint density at radius 3 is 2.00 bits per heavy atom. The number of halogens is 1. The maximum atomic E-state index is 11.5. The summed E-state index contributed by atoms with van der Waals surface area (Å²) in [7, 11) is -4.38. The van der Waals surface area contributed by atoms with Crippen LogP contribution in [-0.2, 0) is 13.9 Å². The van der Waals surface area contributed by atoms with Crippen molar-refractivity contribution in [2.45, 2.75) is 77.6 Å². The lowest BCUT2D eigenvalue weighted by Crippen LogP contribution is -2.24. The Morgan fingerprint density at radius 1 is 0.957 bits per heavy atom. The van der Waals surface area contributed by atoms with Gasteiger partial charge in [-0.05, 0) is 12.8 Å². The topological polar surface area (TPSA) is 95.9 Å². The maximum Gasteiger partial charge on any atom is 0.469 e. The molecule has 0 aromatic heterocycles. The molecule has 0 radical (unpaired) electrons. The summed E-state index contributed by atoms with van der Waals surface area (Å²) in [4.78, 5) is 28.5. The molecule has 8 heteroatoms. The quantitative estimate of drug-likeness (QED) is 0.298. The summed E-state index contributed by atoms with van der Waals surface area (Å²) in [5, 5.41) is 2.72. The fraction of sp³-hybridized carbons (Fsp3) is 0.933. The van der Waals surface area contributed by atoms with Gasteiger partial charge < -0.3 is 15.1 Å². The average Bonchev–Trinajstić information content (AvgIpc) is 2.44. The van der Waals surface area contributed by atoms with Gasteiger partial charge in [0.15, 0.2) is 0 Å². The number of carbonyl (C=O) groups is 1. The molecule has 0 heterocycles. The maximum absolute atomic E-state index is 11.5. The second-order valence-electron chi connectivity index (χ2n) is 5.61. The second-order valence-corrected chi connectivity index (χ2v) is 6.85. The summed E-state index contributed by atoms with van der Waals surface area (Å²) in [5.41, 5.74) is 0. The third-order valence-electron chi connectivity index (χ3n) is 3.41. The summed E-state index contributed by atoms with van der Waals surface area (Å²) >= 11 is 0. The van der Waals surface area contributed by atoms with E-state index in [1.807, 2.05) is 0 Å². The van der Waals surface area contributed by atoms with Crippen molar-refractivity contribution >= 4 is 26.1 Å². The first kappa shape index (κ1) is 25.1. The molecule has 0 rings (SSSR count). The SMILES string of the molecule is CCCCCCCCCCCC(=O)NCCCOP(=O)(O)O.Cl. The number of phosphoric acid groups is 1. The van der Waals surface area contributed by atoms with E-state index in [1.165, 1.54) is 44.9 Å². The van der Waals surface area contributed by atoms with Gasteiger partial charge in [-0.15, -0.1) is 12.4 Å². The van der Waals surface area contributed by atoms with E-state index in [4.69, 9.17) is 9.79 Å². The van der Waals surface area contributed by atoms with Crippen LogP contribution in [0.15, 0.2) is 0 Å². The zero-order valence-electron chi connectivity index (χ0n) is 14.2. The van der Waals surface area contributed by atoms with E-state index in [9.17, 15) is 9.36 Å². The minimum absolute atomic E-state index is 0. The summed E-state index contributed by atoms with van der Waals surface area (Å²) < 4.78 is 14.7. The van der Waals surface area contributed by atoms with Crippen molar-refractivity contribution in [1.29, 1.82) is 0 Å². The molecule has 0 aliphatic rings. The number of unbranched alkanes of at least 4 members (excludes halogenated alkanes) is 8. The van der Waals surface area contributed by atoms with Crippen LogP contribution < -0.4 is 5.32 Å². The number of rotatable bonds is 15. The second kappa shape index (κ2) is 16.7. The third-order valence-corrected chi connectivity index (χ3v) is 3.93. The number of hydrogen-bond donors (Lipinski definition) is 3. The first-order valence-electron chi connectivity index (χ1n) is 8.42. The number of hydrogen-bond acceptors (Lipinski definition) is 3. The van der Waals surface area contributed by atoms with Gasteiger partial charge in [0.05, 0.1) is 6.61 Å². The number of phosphoric ester groups is 1. The molecular weight excluding hydrogens is 341 g/mol. The van der Waals surface area contributed by atoms with Crippen LogP contribution in [0.4, 0.5) is 0 Å². The van der Waals surface area contributed by atoms with E-state index < -0.39 is 7.82 Å². The lowest BCUT2D eigenvalue weighted by molar-refractivity contribution is -0.121. The molecule has 0 aromatic rings. The van der Waals surface area contributed by atoms with Crippen molar-refractivity contribution in [1.82, 2.24) is 5.32 Å². The van der Waals surface area contributed by atoms with Crippen LogP contribution in [0.3, 0.4) is 0 Å². The smallest absolute Gasteiger partial charge is 0.356 e. The van der Waals surface area contributed by atoms with E-state index in [0.29, 0.717) is 19.4 Å². The normalized spacial score (nSPS) is 11.1. The highest BCUT2D eigenvalue weighted by atomic mass is 35.5. The zero-order valence-corrected chi connectivity index (χ0v) is 15.9. The van der Waals surface area contributed by atoms with Crippen LogP contribution in [0.5, 0.6) is 0 Å². The highest BCUT2D eigenvalue weighted by molar-refractivity contribution is 7.46. The lowest BCUT2D eigenvalue weighted by Gasteiger charge is -2.07. The Labute approximate surface area is 146 Å². The molecule has 0 aliphatic heterocycles. The number of carbonyl (C=O) groups excluding carboxylic acids is 1. The minimum atomic E-state index is -4.38.